The fraction of sp³-hybridized carbons (Fsp3) is 0.364. The van der Waals surface area contributed by atoms with Crippen LogP contribution < -0.4 is 19.7 Å². The highest BCUT2D eigenvalue weighted by molar-refractivity contribution is 5.90. The van der Waals surface area contributed by atoms with Gasteiger partial charge >= 0.3 is 0 Å². The first-order chi connectivity index (χ1) is 20.3. The molecule has 4 heterocycles. The van der Waals surface area contributed by atoms with Gasteiger partial charge < -0.3 is 19.7 Å². The lowest BCUT2D eigenvalue weighted by Crippen LogP contribution is -2.30. The molecule has 0 bridgehead atoms. The Bertz CT molecular complexity index is 1520. The minimum atomic E-state index is 0.0185. The van der Waals surface area contributed by atoms with Crippen LogP contribution in [0.1, 0.15) is 51.3 Å². The van der Waals surface area contributed by atoms with Gasteiger partial charge in [0, 0.05) is 36.5 Å². The molecule has 4 aromatic rings. The predicted octanol–water partition coefficient (Wildman–Crippen LogP) is 7.36. The van der Waals surface area contributed by atoms with E-state index in [-0.39, 0.29) is 5.78 Å². The second-order valence-corrected chi connectivity index (χ2v) is 10.6. The van der Waals surface area contributed by atoms with Crippen molar-refractivity contribution in [2.75, 3.05) is 29.9 Å². The Kier molecular flexibility index (Phi) is 10.4. The molecule has 1 atom stereocenters. The van der Waals surface area contributed by atoms with Crippen molar-refractivity contribution in [1.82, 2.24) is 19.9 Å². The minimum Gasteiger partial charge on any atom is -0.489 e. The van der Waals surface area contributed by atoms with E-state index < -0.39 is 0 Å². The third-order valence-corrected chi connectivity index (χ3v) is 6.78. The highest BCUT2D eigenvalue weighted by Crippen LogP contribution is 2.35. The van der Waals surface area contributed by atoms with Gasteiger partial charge in [0.15, 0.2) is 23.2 Å². The van der Waals surface area contributed by atoms with Gasteiger partial charge in [0.2, 0.25) is 0 Å². The molecule has 1 N–H and O–H groups in total. The quantitative estimate of drug-likeness (QED) is 0.164. The number of pyridine rings is 2. The third kappa shape index (κ3) is 8.02. The van der Waals surface area contributed by atoms with Crippen LogP contribution in [0.3, 0.4) is 0 Å². The first-order valence-corrected chi connectivity index (χ1v) is 14.4. The summed E-state index contributed by atoms with van der Waals surface area (Å²) in [6, 6.07) is 11.8. The summed E-state index contributed by atoms with van der Waals surface area (Å²) in [6.07, 6.45) is 8.09. The van der Waals surface area contributed by atoms with Gasteiger partial charge in [-0.2, -0.15) is 0 Å². The lowest BCUT2D eigenvalue weighted by molar-refractivity contribution is -0.112. The van der Waals surface area contributed by atoms with Crippen LogP contribution in [0.15, 0.2) is 61.6 Å². The molecule has 1 aliphatic rings. The molecule has 220 valence electrons. The summed E-state index contributed by atoms with van der Waals surface area (Å²) in [6.45, 7) is 15.6. The van der Waals surface area contributed by atoms with Crippen molar-refractivity contribution in [3.05, 3.63) is 72.8 Å². The van der Waals surface area contributed by atoms with Crippen molar-refractivity contribution in [2.45, 2.75) is 53.9 Å². The molecule has 0 spiro atoms. The highest BCUT2D eigenvalue weighted by Gasteiger charge is 2.24. The van der Waals surface area contributed by atoms with E-state index in [0.29, 0.717) is 24.1 Å². The number of unbranched alkanes of at least 4 members (excludes halogenated alkanes) is 2. The average molecular weight is 569 g/mol. The number of benzene rings is 1. The molecule has 5 rings (SSSR count). The number of hydrogen-bond acceptors (Lipinski definition) is 9. The Morgan fingerprint density at radius 3 is 2.67 bits per heavy atom. The highest BCUT2D eigenvalue weighted by atomic mass is 16.5. The number of rotatable bonds is 9. The van der Waals surface area contributed by atoms with Crippen LogP contribution in [0.2, 0.25) is 0 Å². The van der Waals surface area contributed by atoms with Gasteiger partial charge in [0.05, 0.1) is 18.3 Å². The van der Waals surface area contributed by atoms with Crippen molar-refractivity contribution < 1.29 is 14.3 Å². The van der Waals surface area contributed by atoms with Gasteiger partial charge in [-0.25, -0.2) is 15.0 Å². The van der Waals surface area contributed by atoms with Crippen LogP contribution in [-0.2, 0) is 4.79 Å². The predicted molar refractivity (Wildman–Crippen MR) is 168 cm³/mol. The number of carbonyl (C=O) groups is 1. The fourth-order valence-electron chi connectivity index (χ4n) is 4.50. The van der Waals surface area contributed by atoms with Crippen molar-refractivity contribution in [3.8, 4) is 17.2 Å². The topological polar surface area (TPSA) is 102 Å². The maximum absolute atomic E-state index is 9.69. The molecule has 3 aromatic heterocycles. The zero-order valence-corrected chi connectivity index (χ0v) is 25.2. The number of allylic oxidation sites excluding steroid dienone is 1. The van der Waals surface area contributed by atoms with E-state index in [0.717, 1.165) is 64.8 Å². The molecule has 0 aliphatic carbocycles. The minimum absolute atomic E-state index is 0.0185. The van der Waals surface area contributed by atoms with Crippen molar-refractivity contribution in [2.24, 2.45) is 5.92 Å². The second-order valence-electron chi connectivity index (χ2n) is 10.6. The number of aromatic nitrogens is 4. The lowest BCUT2D eigenvalue weighted by atomic mass is 10.1. The largest absolute Gasteiger partial charge is 0.489 e. The zero-order chi connectivity index (χ0) is 30.1. The Hall–Kier alpha value is -4.53. The summed E-state index contributed by atoms with van der Waals surface area (Å²) in [4.78, 5) is 30.4. The molecule has 42 heavy (non-hydrogen) atoms. The fourth-order valence-corrected chi connectivity index (χ4v) is 4.50. The molecule has 1 aliphatic heterocycles. The molecule has 0 saturated carbocycles. The van der Waals surface area contributed by atoms with E-state index in [9.17, 15) is 4.79 Å². The second kappa shape index (κ2) is 14.4. The maximum atomic E-state index is 9.69. The van der Waals surface area contributed by atoms with E-state index in [4.69, 9.17) is 14.5 Å². The van der Waals surface area contributed by atoms with Gasteiger partial charge in [-0.15, -0.1) is 0 Å². The Morgan fingerprint density at radius 1 is 1.17 bits per heavy atom. The molecule has 0 saturated heterocycles. The molecule has 1 aromatic carbocycles. The molecule has 0 fully saturated rings. The average Bonchev–Trinajstić information content (AvgIpc) is 3.13. The number of ether oxygens (including phenoxy) is 2. The summed E-state index contributed by atoms with van der Waals surface area (Å²) >= 11 is 0. The lowest BCUT2D eigenvalue weighted by Gasteiger charge is -2.24. The van der Waals surface area contributed by atoms with E-state index in [1.165, 1.54) is 25.8 Å². The standard InChI is InChI=1S/C29H34N6O2.C4H6O/c1-5-6-7-12-35-16-19(2)17-36-26-14-24-27(34-29(26)35)28(32-18-31-24)33-22-9-11-25(20(3)13-22)37-23-10-8-21(4)30-15-23;1-3-4(2)5/h8-11,13-15,18-19H,5-7,12,16-17H2,1-4H3,(H,31,32,33);3H,1H2,2H3. The first-order valence-electron chi connectivity index (χ1n) is 14.4. The summed E-state index contributed by atoms with van der Waals surface area (Å²) in [7, 11) is 0. The van der Waals surface area contributed by atoms with Gasteiger partial charge in [0.25, 0.3) is 0 Å². The third-order valence-electron chi connectivity index (χ3n) is 6.78. The molecule has 9 heteroatoms. The van der Waals surface area contributed by atoms with Crippen LogP contribution in [0.4, 0.5) is 17.3 Å². The zero-order valence-electron chi connectivity index (χ0n) is 25.2. The number of nitrogens with one attached hydrogen (secondary N) is 1. The van der Waals surface area contributed by atoms with Gasteiger partial charge in [-0.05, 0) is 69.2 Å². The van der Waals surface area contributed by atoms with Crippen molar-refractivity contribution in [3.63, 3.8) is 0 Å². The number of hydrogen-bond donors (Lipinski definition) is 1. The van der Waals surface area contributed by atoms with Crippen LogP contribution in [0.5, 0.6) is 17.2 Å². The number of fused-ring (bicyclic) bond motifs is 2. The normalized spacial score (nSPS) is 14.1. The maximum Gasteiger partial charge on any atom is 0.172 e. The van der Waals surface area contributed by atoms with Crippen LogP contribution in [-0.4, -0.2) is 45.4 Å². The molecule has 0 radical (unpaired) electrons. The van der Waals surface area contributed by atoms with Gasteiger partial charge in [-0.1, -0.05) is 33.3 Å². The number of nitrogens with zero attached hydrogens (tertiary/aromatic N) is 5. The number of anilines is 3. The number of carbonyl (C=O) groups excluding carboxylic acids is 1. The molecule has 9 nitrogen and oxygen atoms in total. The Labute approximate surface area is 248 Å². The van der Waals surface area contributed by atoms with Crippen molar-refractivity contribution in [1.29, 1.82) is 0 Å². The molecule has 1 unspecified atom stereocenters. The summed E-state index contributed by atoms with van der Waals surface area (Å²) in [5, 5.41) is 3.44. The number of aryl methyl sites for hydroxylation is 2. The summed E-state index contributed by atoms with van der Waals surface area (Å²) < 4.78 is 12.2. The van der Waals surface area contributed by atoms with E-state index in [1.807, 2.05) is 50.2 Å². The van der Waals surface area contributed by atoms with Gasteiger partial charge in [0.1, 0.15) is 23.3 Å². The van der Waals surface area contributed by atoms with E-state index >= 15 is 0 Å². The molecular weight excluding hydrogens is 528 g/mol. The van der Waals surface area contributed by atoms with Crippen LogP contribution >= 0.6 is 0 Å². The SMILES string of the molecule is C=CC(C)=O.CCCCCN1CC(C)COc2cc3ncnc(Nc4ccc(Oc5ccc(C)nc5)c(C)c4)c3nc21. The van der Waals surface area contributed by atoms with Crippen LogP contribution in [0.25, 0.3) is 11.0 Å². The van der Waals surface area contributed by atoms with Crippen molar-refractivity contribution >= 4 is 34.1 Å². The number of ketones is 1. The Morgan fingerprint density at radius 2 is 1.98 bits per heavy atom. The molecular formula is C33H40N6O3. The smallest absolute Gasteiger partial charge is 0.172 e. The van der Waals surface area contributed by atoms with Gasteiger partial charge in [-0.3, -0.25) is 9.78 Å². The summed E-state index contributed by atoms with van der Waals surface area (Å²) in [5.74, 6) is 4.25. The van der Waals surface area contributed by atoms with E-state index in [2.05, 4.69) is 45.6 Å². The monoisotopic (exact) mass is 568 g/mol. The van der Waals surface area contributed by atoms with E-state index in [1.54, 1.807) is 12.5 Å². The first kappa shape index (κ1) is 30.4. The van der Waals surface area contributed by atoms with Crippen LogP contribution in [0, 0.1) is 19.8 Å². The Balaban J connectivity index is 0.000000748. The summed E-state index contributed by atoms with van der Waals surface area (Å²) in [5.41, 5.74) is 4.33. The molecule has 0 amide bonds.